The fourth-order valence-electron chi connectivity index (χ4n) is 1.75. The minimum Gasteiger partial charge on any atom is -0.489 e. The number of hydrogen-bond acceptors (Lipinski definition) is 4. The number of sulfone groups is 1. The van der Waals surface area contributed by atoms with E-state index in [1.807, 2.05) is 31.3 Å². The second-order valence-corrected chi connectivity index (χ2v) is 6.15. The smallest absolute Gasteiger partial charge is 0.154 e. The summed E-state index contributed by atoms with van der Waals surface area (Å²) in [4.78, 5) is 0. The number of nitrogens with one attached hydrogen (secondary N) is 1. The molecule has 0 aliphatic carbocycles. The minimum absolute atomic E-state index is 0.140. The van der Waals surface area contributed by atoms with Gasteiger partial charge in [0.2, 0.25) is 0 Å². The summed E-state index contributed by atoms with van der Waals surface area (Å²) in [6.07, 6.45) is 0.404. The van der Waals surface area contributed by atoms with Crippen LogP contribution in [0.1, 0.15) is 6.42 Å². The second-order valence-electron chi connectivity index (χ2n) is 3.92. The molecule has 16 heavy (non-hydrogen) atoms. The van der Waals surface area contributed by atoms with Crippen molar-refractivity contribution in [3.8, 4) is 5.75 Å². The van der Waals surface area contributed by atoms with Gasteiger partial charge < -0.3 is 10.1 Å². The van der Waals surface area contributed by atoms with Gasteiger partial charge in [-0.25, -0.2) is 8.42 Å². The van der Waals surface area contributed by atoms with Crippen LogP contribution >= 0.6 is 0 Å². The molecule has 1 N–H and O–H groups in total. The van der Waals surface area contributed by atoms with E-state index in [0.717, 1.165) is 11.4 Å². The molecule has 5 heteroatoms. The maximum absolute atomic E-state index is 11.2. The molecule has 88 valence electrons. The monoisotopic (exact) mass is 241 g/mol. The number of anilines is 1. The fraction of sp³-hybridized carbons (Fsp3) is 0.455. The third-order valence-corrected chi connectivity index (χ3v) is 4.37. The quantitative estimate of drug-likeness (QED) is 0.866. The molecule has 2 rings (SSSR count). The van der Waals surface area contributed by atoms with Crippen molar-refractivity contribution >= 4 is 15.5 Å². The van der Waals surface area contributed by atoms with Crippen LogP contribution in [0.25, 0.3) is 0 Å². The van der Waals surface area contributed by atoms with Crippen molar-refractivity contribution in [1.29, 1.82) is 0 Å². The van der Waals surface area contributed by atoms with Gasteiger partial charge >= 0.3 is 0 Å². The molecule has 0 saturated carbocycles. The molecule has 0 bridgehead atoms. The Morgan fingerprint density at radius 2 is 2.00 bits per heavy atom. The van der Waals surface area contributed by atoms with Crippen LogP contribution in [0.5, 0.6) is 5.75 Å². The maximum atomic E-state index is 11.2. The van der Waals surface area contributed by atoms with Gasteiger partial charge in [0.25, 0.3) is 0 Å². The van der Waals surface area contributed by atoms with Crippen molar-refractivity contribution in [3.05, 3.63) is 24.3 Å². The van der Waals surface area contributed by atoms with E-state index >= 15 is 0 Å². The molecule has 0 aromatic heterocycles. The Morgan fingerprint density at radius 3 is 2.50 bits per heavy atom. The Bertz CT molecular complexity index is 453. The van der Waals surface area contributed by atoms with Crippen molar-refractivity contribution in [1.82, 2.24) is 0 Å². The van der Waals surface area contributed by atoms with E-state index in [0.29, 0.717) is 6.42 Å². The molecule has 1 aromatic rings. The maximum Gasteiger partial charge on any atom is 0.154 e. The predicted molar refractivity (Wildman–Crippen MR) is 63.7 cm³/mol. The van der Waals surface area contributed by atoms with Crippen molar-refractivity contribution in [2.45, 2.75) is 12.5 Å². The van der Waals surface area contributed by atoms with Crippen LogP contribution in [0.15, 0.2) is 24.3 Å². The zero-order valence-corrected chi connectivity index (χ0v) is 9.96. The molecule has 4 nitrogen and oxygen atoms in total. The lowest BCUT2D eigenvalue weighted by atomic mass is 10.3. The summed E-state index contributed by atoms with van der Waals surface area (Å²) in [5.41, 5.74) is 1.01. The van der Waals surface area contributed by atoms with Gasteiger partial charge in [-0.3, -0.25) is 0 Å². The first-order valence-corrected chi connectivity index (χ1v) is 7.06. The van der Waals surface area contributed by atoms with Crippen molar-refractivity contribution in [3.63, 3.8) is 0 Å². The first-order valence-electron chi connectivity index (χ1n) is 5.24. The van der Waals surface area contributed by atoms with E-state index in [9.17, 15) is 8.42 Å². The number of hydrogen-bond donors (Lipinski definition) is 1. The third-order valence-electron chi connectivity index (χ3n) is 2.64. The predicted octanol–water partition coefficient (Wildman–Crippen LogP) is 1.29. The van der Waals surface area contributed by atoms with Gasteiger partial charge in [-0.05, 0) is 30.7 Å². The third kappa shape index (κ3) is 2.66. The normalized spacial score (nSPS) is 22.9. The topological polar surface area (TPSA) is 55.4 Å². The Morgan fingerprint density at radius 1 is 1.31 bits per heavy atom. The van der Waals surface area contributed by atoms with E-state index in [1.165, 1.54) is 0 Å². The average Bonchev–Trinajstić information content (AvgIpc) is 2.59. The zero-order valence-electron chi connectivity index (χ0n) is 9.14. The molecule has 1 heterocycles. The summed E-state index contributed by atoms with van der Waals surface area (Å²) in [5, 5.41) is 3.01. The Balaban J connectivity index is 1.99. The van der Waals surface area contributed by atoms with Gasteiger partial charge in [-0.2, -0.15) is 0 Å². The summed E-state index contributed by atoms with van der Waals surface area (Å²) < 4.78 is 28.1. The van der Waals surface area contributed by atoms with Crippen molar-refractivity contribution in [2.24, 2.45) is 0 Å². The Labute approximate surface area is 95.5 Å². The molecule has 1 fully saturated rings. The molecule has 0 radical (unpaired) electrons. The molecule has 0 amide bonds. The van der Waals surface area contributed by atoms with Crippen LogP contribution in [0.4, 0.5) is 5.69 Å². The van der Waals surface area contributed by atoms with E-state index in [4.69, 9.17) is 4.74 Å². The lowest BCUT2D eigenvalue weighted by Gasteiger charge is -2.12. The highest BCUT2D eigenvalue weighted by atomic mass is 32.2. The van der Waals surface area contributed by atoms with Crippen LogP contribution in [-0.2, 0) is 9.84 Å². The number of rotatable bonds is 3. The van der Waals surface area contributed by atoms with Crippen LogP contribution in [0.2, 0.25) is 0 Å². The molecular formula is C11H15NO3S. The number of ether oxygens (including phenoxy) is 1. The van der Waals surface area contributed by atoms with Crippen LogP contribution in [-0.4, -0.2) is 33.1 Å². The van der Waals surface area contributed by atoms with Gasteiger partial charge in [0.1, 0.15) is 11.9 Å². The van der Waals surface area contributed by atoms with Gasteiger partial charge in [-0.15, -0.1) is 0 Å². The molecule has 1 saturated heterocycles. The molecule has 0 spiro atoms. The summed E-state index contributed by atoms with van der Waals surface area (Å²) >= 11 is 0. The zero-order chi connectivity index (χ0) is 11.6. The summed E-state index contributed by atoms with van der Waals surface area (Å²) in [7, 11) is -1.02. The largest absolute Gasteiger partial charge is 0.489 e. The summed E-state index contributed by atoms with van der Waals surface area (Å²) in [6, 6.07) is 7.49. The number of benzene rings is 1. The molecule has 1 aliphatic heterocycles. The average molecular weight is 241 g/mol. The highest BCUT2D eigenvalue weighted by Crippen LogP contribution is 2.21. The van der Waals surface area contributed by atoms with Crippen LogP contribution in [0.3, 0.4) is 0 Å². The van der Waals surface area contributed by atoms with Crippen LogP contribution < -0.4 is 10.1 Å². The standard InChI is InChI=1S/C11H15NO3S/c1-12-9-2-4-10(5-3-9)15-11-6-7-16(13,14)8-11/h2-5,11-12H,6-8H2,1H3. The summed E-state index contributed by atoms with van der Waals surface area (Å²) in [5.74, 6) is 1.11. The highest BCUT2D eigenvalue weighted by molar-refractivity contribution is 7.91. The van der Waals surface area contributed by atoms with Gasteiger partial charge in [0, 0.05) is 12.7 Å². The molecular weight excluding hydrogens is 226 g/mol. The van der Waals surface area contributed by atoms with Gasteiger partial charge in [0.05, 0.1) is 11.5 Å². The fourth-order valence-corrected chi connectivity index (χ4v) is 3.34. The lowest BCUT2D eigenvalue weighted by Crippen LogP contribution is -2.17. The van der Waals surface area contributed by atoms with Gasteiger partial charge in [0.15, 0.2) is 9.84 Å². The van der Waals surface area contributed by atoms with Crippen molar-refractivity contribution in [2.75, 3.05) is 23.9 Å². The second kappa shape index (κ2) is 4.33. The first kappa shape index (κ1) is 11.3. The Kier molecular flexibility index (Phi) is 3.05. The first-order chi connectivity index (χ1) is 7.59. The van der Waals surface area contributed by atoms with E-state index in [2.05, 4.69) is 5.32 Å². The minimum atomic E-state index is -2.87. The van der Waals surface area contributed by atoms with E-state index in [1.54, 1.807) is 0 Å². The van der Waals surface area contributed by atoms with Crippen molar-refractivity contribution < 1.29 is 13.2 Å². The SMILES string of the molecule is CNc1ccc(OC2CCS(=O)(=O)C2)cc1. The lowest BCUT2D eigenvalue weighted by molar-refractivity contribution is 0.229. The molecule has 1 aliphatic rings. The molecule has 1 atom stereocenters. The van der Waals surface area contributed by atoms with E-state index < -0.39 is 9.84 Å². The molecule has 1 aromatic carbocycles. The van der Waals surface area contributed by atoms with Gasteiger partial charge in [-0.1, -0.05) is 0 Å². The molecule has 1 unspecified atom stereocenters. The van der Waals surface area contributed by atoms with Crippen LogP contribution in [0, 0.1) is 0 Å². The van der Waals surface area contributed by atoms with E-state index in [-0.39, 0.29) is 17.6 Å². The summed E-state index contributed by atoms with van der Waals surface area (Å²) in [6.45, 7) is 0. The highest BCUT2D eigenvalue weighted by Gasteiger charge is 2.29. The Hall–Kier alpha value is -1.23.